The highest BCUT2D eigenvalue weighted by Gasteiger charge is 2.58. The molecule has 38 heavy (non-hydrogen) atoms. The molecule has 0 saturated carbocycles. The summed E-state index contributed by atoms with van der Waals surface area (Å²) in [6, 6.07) is -2.22. The van der Waals surface area contributed by atoms with Gasteiger partial charge in [-0.3, -0.25) is 19.2 Å². The Bertz CT molecular complexity index is 1380. The number of nitrogens with zero attached hydrogens (tertiary/aromatic N) is 3. The number of fused-ring (bicyclic) bond motifs is 5. The van der Waals surface area contributed by atoms with Gasteiger partial charge in [0.05, 0.1) is 18.6 Å². The van der Waals surface area contributed by atoms with Gasteiger partial charge in [0.25, 0.3) is 18.2 Å². The molecule has 2 amide bonds. The Morgan fingerprint density at radius 3 is 2.50 bits per heavy atom. The van der Waals surface area contributed by atoms with Crippen LogP contribution in [-0.4, -0.2) is 62.1 Å². The predicted octanol–water partition coefficient (Wildman–Crippen LogP) is 2.46. The number of aromatic nitrogens is 1. The summed E-state index contributed by atoms with van der Waals surface area (Å²) in [4.78, 5) is 45.1. The van der Waals surface area contributed by atoms with Crippen molar-refractivity contribution in [2.45, 2.75) is 62.9 Å². The molecule has 0 radical (unpaired) electrons. The number of hydrogen-bond donors (Lipinski definition) is 2. The predicted molar refractivity (Wildman–Crippen MR) is 120 cm³/mol. The molecule has 1 spiro atoms. The Hall–Kier alpha value is -3.52. The van der Waals surface area contributed by atoms with Crippen LogP contribution in [0.3, 0.4) is 0 Å². The van der Waals surface area contributed by atoms with E-state index in [-0.39, 0.29) is 25.8 Å². The summed E-state index contributed by atoms with van der Waals surface area (Å²) in [7, 11) is 0. The summed E-state index contributed by atoms with van der Waals surface area (Å²) in [6.07, 6.45) is -2.00. The van der Waals surface area contributed by atoms with Crippen molar-refractivity contribution in [3.63, 3.8) is 0 Å². The van der Waals surface area contributed by atoms with E-state index in [9.17, 15) is 41.4 Å². The molecule has 14 heteroatoms. The van der Waals surface area contributed by atoms with Gasteiger partial charge in [-0.15, -0.1) is 0 Å². The van der Waals surface area contributed by atoms with Gasteiger partial charge in [0.2, 0.25) is 5.43 Å². The smallest absolute Gasteiger partial charge is 0.274 e. The van der Waals surface area contributed by atoms with E-state index >= 15 is 0 Å². The minimum atomic E-state index is -3.02. The van der Waals surface area contributed by atoms with Crippen LogP contribution in [0.4, 0.5) is 22.0 Å². The molecule has 4 atom stereocenters. The fourth-order valence-electron chi connectivity index (χ4n) is 5.70. The molecule has 2 fully saturated rings. The third kappa shape index (κ3) is 3.93. The van der Waals surface area contributed by atoms with Crippen LogP contribution in [0, 0.1) is 17.5 Å². The molecule has 2 bridgehead atoms. The van der Waals surface area contributed by atoms with E-state index in [0.717, 1.165) is 15.8 Å². The van der Waals surface area contributed by atoms with E-state index in [0.29, 0.717) is 12.1 Å². The highest BCUT2D eigenvalue weighted by Crippen LogP contribution is 2.50. The second-order valence-electron chi connectivity index (χ2n) is 9.89. The minimum absolute atomic E-state index is 0.0867. The lowest BCUT2D eigenvalue weighted by atomic mass is 9.83. The van der Waals surface area contributed by atoms with Gasteiger partial charge in [-0.25, -0.2) is 22.0 Å². The molecule has 3 aliphatic heterocycles. The van der Waals surface area contributed by atoms with Gasteiger partial charge in [-0.1, -0.05) is 0 Å². The molecular formula is C24H23F5N4O5. The number of pyridine rings is 1. The summed E-state index contributed by atoms with van der Waals surface area (Å²) in [6.45, 7) is 0.849. The molecular weight excluding hydrogens is 519 g/mol. The topological polar surface area (TPSA) is 118 Å². The van der Waals surface area contributed by atoms with E-state index < -0.39 is 94.0 Å². The van der Waals surface area contributed by atoms with Gasteiger partial charge in [0.15, 0.2) is 11.4 Å². The van der Waals surface area contributed by atoms with Crippen LogP contribution in [0.15, 0.2) is 23.1 Å². The summed E-state index contributed by atoms with van der Waals surface area (Å²) in [5.74, 6) is -6.61. The zero-order valence-corrected chi connectivity index (χ0v) is 20.0. The maximum absolute atomic E-state index is 14.4. The van der Waals surface area contributed by atoms with Crippen LogP contribution in [-0.2, 0) is 11.4 Å². The number of hydroxylamine groups is 2. The van der Waals surface area contributed by atoms with E-state index in [1.54, 1.807) is 6.92 Å². The average Bonchev–Trinajstić information content (AvgIpc) is 3.15. The van der Waals surface area contributed by atoms with Crippen molar-refractivity contribution in [3.8, 4) is 5.75 Å². The van der Waals surface area contributed by atoms with E-state index in [4.69, 9.17) is 10.6 Å². The molecule has 0 aliphatic carbocycles. The number of benzene rings is 1. The normalized spacial score (nSPS) is 27.2. The first kappa shape index (κ1) is 26.1. The number of primary amides is 1. The van der Waals surface area contributed by atoms with Gasteiger partial charge in [-0.05, 0) is 19.8 Å². The molecule has 1 aromatic heterocycles. The van der Waals surface area contributed by atoms with E-state index in [1.807, 2.05) is 0 Å². The molecule has 2 saturated heterocycles. The second kappa shape index (κ2) is 9.05. The van der Waals surface area contributed by atoms with Crippen LogP contribution in [0.5, 0.6) is 5.75 Å². The van der Waals surface area contributed by atoms with Gasteiger partial charge in [0, 0.05) is 42.9 Å². The number of carbonyl (C=O) groups is 2. The summed E-state index contributed by atoms with van der Waals surface area (Å²) in [5, 5.41) is 11.4. The first-order valence-electron chi connectivity index (χ1n) is 11.8. The molecule has 1 unspecified atom stereocenters. The summed E-state index contributed by atoms with van der Waals surface area (Å²) >= 11 is 0. The van der Waals surface area contributed by atoms with Crippen LogP contribution in [0.2, 0.25) is 0 Å². The molecule has 204 valence electrons. The third-order valence-electron chi connectivity index (χ3n) is 7.70. The average molecular weight is 542 g/mol. The number of halogens is 5. The lowest BCUT2D eigenvalue weighted by Gasteiger charge is -2.42. The number of amides is 2. The molecule has 1 aromatic carbocycles. The largest absolute Gasteiger partial charge is 0.503 e. The fourth-order valence-corrected chi connectivity index (χ4v) is 5.70. The Balaban J connectivity index is 1.64. The van der Waals surface area contributed by atoms with Crippen LogP contribution >= 0.6 is 0 Å². The highest BCUT2D eigenvalue weighted by atomic mass is 19.3. The number of alkyl halides is 2. The molecule has 2 aromatic rings. The van der Waals surface area contributed by atoms with Crippen molar-refractivity contribution in [3.05, 3.63) is 62.8 Å². The molecule has 3 N–H and O–H groups in total. The van der Waals surface area contributed by atoms with Crippen molar-refractivity contribution in [2.24, 2.45) is 5.73 Å². The molecule has 4 heterocycles. The number of nitrogens with two attached hydrogens (primary N) is 1. The van der Waals surface area contributed by atoms with Crippen LogP contribution in [0.1, 0.15) is 58.6 Å². The standard InChI is InChI=1S/C24H23F5N4O5/c1-10-2-3-24(6-16(21(28)29)33(38-24)8-12-14(26)4-11(25)5-15(12)27)17-9-31(10)23(37)18-20(35)19(34)13(22(30)36)7-32(17)18/h4-5,7,10,16-17,21,35H,2-3,6,8-9H2,1H3,(H2,30,36)/t10-,16?,17+,24-/m0/s1. The molecule has 9 nitrogen and oxygen atoms in total. The fraction of sp³-hybridized carbons (Fsp3) is 0.458. The maximum atomic E-state index is 14.4. The second-order valence-corrected chi connectivity index (χ2v) is 9.89. The van der Waals surface area contributed by atoms with E-state index in [1.165, 1.54) is 4.90 Å². The number of carbonyl (C=O) groups excluding carboxylic acids is 2. The lowest BCUT2D eigenvalue weighted by Crippen LogP contribution is -2.52. The van der Waals surface area contributed by atoms with Crippen molar-refractivity contribution in [1.82, 2.24) is 14.5 Å². The number of rotatable bonds is 4. The van der Waals surface area contributed by atoms with Gasteiger partial charge in [0.1, 0.15) is 28.6 Å². The first-order valence-corrected chi connectivity index (χ1v) is 11.8. The minimum Gasteiger partial charge on any atom is -0.503 e. The Kier molecular flexibility index (Phi) is 6.21. The van der Waals surface area contributed by atoms with Crippen molar-refractivity contribution < 1.29 is 41.5 Å². The van der Waals surface area contributed by atoms with Gasteiger partial charge in [-0.2, -0.15) is 5.06 Å². The molecule has 3 aliphatic rings. The zero-order chi connectivity index (χ0) is 27.7. The van der Waals surface area contributed by atoms with Crippen molar-refractivity contribution in [1.29, 1.82) is 0 Å². The van der Waals surface area contributed by atoms with Gasteiger partial charge < -0.3 is 20.3 Å². The maximum Gasteiger partial charge on any atom is 0.274 e. The molecule has 5 rings (SSSR count). The third-order valence-corrected chi connectivity index (χ3v) is 7.70. The zero-order valence-electron chi connectivity index (χ0n) is 20.0. The first-order chi connectivity index (χ1) is 17.8. The Morgan fingerprint density at radius 2 is 1.89 bits per heavy atom. The van der Waals surface area contributed by atoms with Crippen molar-refractivity contribution in [2.75, 3.05) is 6.54 Å². The number of aromatic hydroxyl groups is 1. The quantitative estimate of drug-likeness (QED) is 0.574. The van der Waals surface area contributed by atoms with E-state index in [2.05, 4.69) is 0 Å². The SMILES string of the molecule is C[C@H]1CC[C@]2(CC(C(F)F)N(Cc3c(F)cc(F)cc3F)O2)[C@H]2CN1C(=O)c1c(O)c(=O)c(C(N)=O)cn12. The van der Waals surface area contributed by atoms with Gasteiger partial charge >= 0.3 is 0 Å². The number of hydrogen-bond acceptors (Lipinski definition) is 6. The van der Waals surface area contributed by atoms with Crippen LogP contribution < -0.4 is 11.2 Å². The Morgan fingerprint density at radius 1 is 1.24 bits per heavy atom. The summed E-state index contributed by atoms with van der Waals surface area (Å²) in [5.41, 5.74) is 0.906. The van der Waals surface area contributed by atoms with Crippen LogP contribution in [0.25, 0.3) is 0 Å². The Labute approximate surface area is 212 Å². The summed E-state index contributed by atoms with van der Waals surface area (Å²) < 4.78 is 71.8. The highest BCUT2D eigenvalue weighted by molar-refractivity contribution is 5.99. The lowest BCUT2D eigenvalue weighted by molar-refractivity contribution is -0.236. The monoisotopic (exact) mass is 542 g/mol. The van der Waals surface area contributed by atoms with Crippen molar-refractivity contribution >= 4 is 11.8 Å².